The number of aromatic nitrogens is 3. The Kier molecular flexibility index (Phi) is 4.90. The maximum absolute atomic E-state index is 13.3. The number of nitrogens with zero attached hydrogens (tertiary/aromatic N) is 7. The molecule has 9 nitrogen and oxygen atoms in total. The van der Waals surface area contributed by atoms with Crippen LogP contribution in [-0.2, 0) is 11.3 Å². The van der Waals surface area contributed by atoms with Gasteiger partial charge >= 0.3 is 6.03 Å². The first-order valence-electron chi connectivity index (χ1n) is 10.5. The number of piperidine rings is 1. The van der Waals surface area contributed by atoms with Gasteiger partial charge in [-0.25, -0.2) is 14.8 Å². The summed E-state index contributed by atoms with van der Waals surface area (Å²) in [5.74, 6) is 0. The Labute approximate surface area is 184 Å². The lowest BCUT2D eigenvalue weighted by Crippen LogP contribution is -2.53. The first kappa shape index (κ1) is 19.9. The highest BCUT2D eigenvalue weighted by atomic mass is 16.2. The van der Waals surface area contributed by atoms with Crippen LogP contribution in [-0.4, -0.2) is 63.4 Å². The molecule has 0 unspecified atom stereocenters. The minimum absolute atomic E-state index is 0.0205. The molecule has 0 radical (unpaired) electrons. The first-order chi connectivity index (χ1) is 15.6. The van der Waals surface area contributed by atoms with Crippen molar-refractivity contribution in [2.24, 2.45) is 0 Å². The van der Waals surface area contributed by atoms with Crippen LogP contribution in [0.2, 0.25) is 0 Å². The Morgan fingerprint density at radius 2 is 1.94 bits per heavy atom. The third-order valence-electron chi connectivity index (χ3n) is 6.13. The van der Waals surface area contributed by atoms with Gasteiger partial charge in [-0.15, -0.1) is 0 Å². The van der Waals surface area contributed by atoms with Crippen molar-refractivity contribution < 1.29 is 9.59 Å². The van der Waals surface area contributed by atoms with Gasteiger partial charge in [-0.1, -0.05) is 0 Å². The lowest BCUT2D eigenvalue weighted by atomic mass is 9.99. The molecule has 3 aromatic rings. The molecule has 0 spiro atoms. The number of fused-ring (bicyclic) bond motifs is 3. The van der Waals surface area contributed by atoms with Crippen molar-refractivity contribution in [3.63, 3.8) is 0 Å². The van der Waals surface area contributed by atoms with Gasteiger partial charge in [0.25, 0.3) is 0 Å². The Hall–Kier alpha value is -4.06. The van der Waals surface area contributed by atoms with Crippen LogP contribution < -0.4 is 4.90 Å². The monoisotopic (exact) mass is 427 g/mol. The SMILES string of the molecule is CN1Cc2cnc3ccc(-c4ccc(C#N)nc4)nc3c2N(C2CCN(C=O)CC2)C1=O. The fraction of sp³-hybridized carbons (Fsp3) is 0.304. The second kappa shape index (κ2) is 7.89. The lowest BCUT2D eigenvalue weighted by Gasteiger charge is -2.42. The highest BCUT2D eigenvalue weighted by Crippen LogP contribution is 2.37. The molecule has 3 aromatic heterocycles. The van der Waals surface area contributed by atoms with E-state index in [1.54, 1.807) is 29.1 Å². The van der Waals surface area contributed by atoms with Crippen LogP contribution in [0.3, 0.4) is 0 Å². The molecule has 160 valence electrons. The molecule has 32 heavy (non-hydrogen) atoms. The van der Waals surface area contributed by atoms with Crippen LogP contribution >= 0.6 is 0 Å². The molecule has 0 atom stereocenters. The molecule has 0 saturated carbocycles. The summed E-state index contributed by atoms with van der Waals surface area (Å²) in [4.78, 5) is 43.3. The van der Waals surface area contributed by atoms with Crippen LogP contribution in [0.4, 0.5) is 10.5 Å². The fourth-order valence-electron chi connectivity index (χ4n) is 4.44. The van der Waals surface area contributed by atoms with Crippen molar-refractivity contribution >= 4 is 29.2 Å². The van der Waals surface area contributed by atoms with E-state index in [1.165, 1.54) is 0 Å². The van der Waals surface area contributed by atoms with Gasteiger partial charge in [0, 0.05) is 49.7 Å². The van der Waals surface area contributed by atoms with Crippen LogP contribution in [0.25, 0.3) is 22.3 Å². The largest absolute Gasteiger partial charge is 0.345 e. The molecule has 5 rings (SSSR count). The molecule has 0 aromatic carbocycles. The molecule has 0 aliphatic carbocycles. The summed E-state index contributed by atoms with van der Waals surface area (Å²) >= 11 is 0. The molecular weight excluding hydrogens is 406 g/mol. The Bertz CT molecular complexity index is 1240. The number of likely N-dealkylation sites (tertiary alicyclic amines) is 1. The van der Waals surface area contributed by atoms with Crippen molar-refractivity contribution in [3.05, 3.63) is 47.9 Å². The standard InChI is InChI=1S/C23H21N7O2/c1-28-13-16-12-26-20-5-4-19(15-2-3-17(10-24)25-11-15)27-21(20)22(16)30(23(28)32)18-6-8-29(14-31)9-7-18/h2-5,11-12,14,18H,6-9,13H2,1H3. The van der Waals surface area contributed by atoms with Crippen molar-refractivity contribution in [3.8, 4) is 17.3 Å². The number of urea groups is 1. The molecule has 2 aliphatic rings. The molecule has 1 fully saturated rings. The van der Waals surface area contributed by atoms with E-state index in [0.29, 0.717) is 54.9 Å². The molecule has 0 N–H and O–H groups in total. The summed E-state index contributed by atoms with van der Waals surface area (Å²) in [7, 11) is 1.79. The van der Waals surface area contributed by atoms with E-state index in [4.69, 9.17) is 10.2 Å². The molecule has 5 heterocycles. The topological polar surface area (TPSA) is 106 Å². The lowest BCUT2D eigenvalue weighted by molar-refractivity contribution is -0.119. The van der Waals surface area contributed by atoms with E-state index >= 15 is 0 Å². The summed E-state index contributed by atoms with van der Waals surface area (Å²) in [5.41, 5.74) is 4.95. The fourth-order valence-corrected chi connectivity index (χ4v) is 4.44. The summed E-state index contributed by atoms with van der Waals surface area (Å²) < 4.78 is 0. The molecule has 9 heteroatoms. The number of amides is 3. The zero-order valence-electron chi connectivity index (χ0n) is 17.6. The third kappa shape index (κ3) is 3.30. The van der Waals surface area contributed by atoms with Gasteiger partial charge in [-0.2, -0.15) is 5.26 Å². The smallest absolute Gasteiger partial charge is 0.324 e. The highest BCUT2D eigenvalue weighted by molar-refractivity contribution is 6.04. The molecule has 1 saturated heterocycles. The van der Waals surface area contributed by atoms with Crippen molar-refractivity contribution in [1.82, 2.24) is 24.8 Å². The Morgan fingerprint density at radius 1 is 1.12 bits per heavy atom. The van der Waals surface area contributed by atoms with Crippen LogP contribution in [0.5, 0.6) is 0 Å². The minimum Gasteiger partial charge on any atom is -0.345 e. The van der Waals surface area contributed by atoms with Gasteiger partial charge in [0.1, 0.15) is 17.3 Å². The average Bonchev–Trinajstić information content (AvgIpc) is 2.84. The van der Waals surface area contributed by atoms with E-state index in [-0.39, 0.29) is 12.1 Å². The highest BCUT2D eigenvalue weighted by Gasteiger charge is 2.37. The maximum Gasteiger partial charge on any atom is 0.324 e. The summed E-state index contributed by atoms with van der Waals surface area (Å²) in [6.07, 6.45) is 5.73. The van der Waals surface area contributed by atoms with Crippen molar-refractivity contribution in [2.45, 2.75) is 25.4 Å². The average molecular weight is 427 g/mol. The van der Waals surface area contributed by atoms with Crippen molar-refractivity contribution in [2.75, 3.05) is 25.0 Å². The number of anilines is 1. The van der Waals surface area contributed by atoms with Crippen LogP contribution in [0, 0.1) is 11.3 Å². The predicted molar refractivity (Wildman–Crippen MR) is 117 cm³/mol. The van der Waals surface area contributed by atoms with Gasteiger partial charge in [-0.3, -0.25) is 14.7 Å². The normalized spacial score (nSPS) is 16.8. The molecule has 0 bridgehead atoms. The Morgan fingerprint density at radius 3 is 2.62 bits per heavy atom. The second-order valence-corrected chi connectivity index (χ2v) is 8.12. The minimum atomic E-state index is -0.0678. The zero-order valence-corrected chi connectivity index (χ0v) is 17.6. The number of rotatable bonds is 3. The summed E-state index contributed by atoms with van der Waals surface area (Å²) in [6.45, 7) is 1.70. The number of carbonyl (C=O) groups is 2. The predicted octanol–water partition coefficient (Wildman–Crippen LogP) is 2.56. The molecular formula is C23H21N7O2. The van der Waals surface area contributed by atoms with Crippen molar-refractivity contribution in [1.29, 1.82) is 5.26 Å². The maximum atomic E-state index is 13.3. The van der Waals surface area contributed by atoms with E-state index in [1.807, 2.05) is 35.4 Å². The second-order valence-electron chi connectivity index (χ2n) is 8.12. The van der Waals surface area contributed by atoms with E-state index < -0.39 is 0 Å². The summed E-state index contributed by atoms with van der Waals surface area (Å²) in [5, 5.41) is 9.00. The van der Waals surface area contributed by atoms with E-state index in [9.17, 15) is 9.59 Å². The van der Waals surface area contributed by atoms with E-state index in [2.05, 4.69) is 9.97 Å². The first-order valence-corrected chi connectivity index (χ1v) is 10.5. The third-order valence-corrected chi connectivity index (χ3v) is 6.13. The van der Waals surface area contributed by atoms with Crippen LogP contribution in [0.15, 0.2) is 36.7 Å². The van der Waals surface area contributed by atoms with Gasteiger partial charge in [0.05, 0.1) is 23.4 Å². The molecule has 2 aliphatic heterocycles. The number of carbonyl (C=O) groups excluding carboxylic acids is 2. The van der Waals surface area contributed by atoms with Gasteiger partial charge in [0.2, 0.25) is 6.41 Å². The number of hydrogen-bond donors (Lipinski definition) is 0. The van der Waals surface area contributed by atoms with Crippen LogP contribution in [0.1, 0.15) is 24.1 Å². The van der Waals surface area contributed by atoms with Gasteiger partial charge < -0.3 is 9.80 Å². The number of hydrogen-bond acceptors (Lipinski definition) is 6. The van der Waals surface area contributed by atoms with E-state index in [0.717, 1.165) is 23.2 Å². The molecule has 3 amide bonds. The van der Waals surface area contributed by atoms with Gasteiger partial charge in [0.15, 0.2) is 0 Å². The summed E-state index contributed by atoms with van der Waals surface area (Å²) in [6, 6.07) is 9.17. The zero-order chi connectivity index (χ0) is 22.2. The number of pyridine rings is 3. The Balaban J connectivity index is 1.63. The number of nitriles is 1. The van der Waals surface area contributed by atoms with Gasteiger partial charge in [-0.05, 0) is 37.1 Å². The quantitative estimate of drug-likeness (QED) is 0.595.